The number of carbonyl (C=O) groups is 1. The van der Waals surface area contributed by atoms with Crippen molar-refractivity contribution >= 4 is 17.5 Å². The highest BCUT2D eigenvalue weighted by Crippen LogP contribution is 2.14. The fraction of sp³-hybridized carbons (Fsp3) is 0.143. The number of pyridine rings is 1. The van der Waals surface area contributed by atoms with Crippen LogP contribution in [0.2, 0.25) is 5.02 Å². The summed E-state index contributed by atoms with van der Waals surface area (Å²) in [5, 5.41) is 3.14. The zero-order valence-electron chi connectivity index (χ0n) is 10.4. The second-order valence-corrected chi connectivity index (χ2v) is 4.29. The normalized spacial score (nSPS) is 10.0. The van der Waals surface area contributed by atoms with Crippen molar-refractivity contribution < 1.29 is 9.53 Å². The highest BCUT2D eigenvalue weighted by molar-refractivity contribution is 6.33. The molecule has 0 fully saturated rings. The molecule has 4 nitrogen and oxygen atoms in total. The molecule has 98 valence electrons. The van der Waals surface area contributed by atoms with E-state index in [4.69, 9.17) is 16.3 Å². The number of rotatable bonds is 4. The van der Waals surface area contributed by atoms with E-state index >= 15 is 0 Å². The van der Waals surface area contributed by atoms with Crippen molar-refractivity contribution in [2.45, 2.75) is 6.54 Å². The Morgan fingerprint density at radius 1 is 1.32 bits per heavy atom. The van der Waals surface area contributed by atoms with Crippen molar-refractivity contribution in [2.75, 3.05) is 7.11 Å². The number of amides is 1. The Balaban J connectivity index is 1.98. The summed E-state index contributed by atoms with van der Waals surface area (Å²) in [6.45, 7) is 0.432. The maximum Gasteiger partial charge on any atom is 0.253 e. The molecule has 0 saturated heterocycles. The summed E-state index contributed by atoms with van der Waals surface area (Å²) < 4.78 is 5.07. The Labute approximate surface area is 116 Å². The van der Waals surface area contributed by atoms with Gasteiger partial charge in [-0.05, 0) is 23.8 Å². The molecule has 1 aromatic heterocycles. The molecule has 0 aliphatic rings. The third-order valence-electron chi connectivity index (χ3n) is 2.63. The molecule has 0 spiro atoms. The molecule has 2 aromatic rings. The van der Waals surface area contributed by atoms with Crippen LogP contribution in [0, 0.1) is 0 Å². The van der Waals surface area contributed by atoms with Crippen molar-refractivity contribution in [1.29, 1.82) is 0 Å². The highest BCUT2D eigenvalue weighted by Gasteiger charge is 2.09. The molecule has 0 aliphatic carbocycles. The summed E-state index contributed by atoms with van der Waals surface area (Å²) in [7, 11) is 1.61. The van der Waals surface area contributed by atoms with E-state index in [1.54, 1.807) is 13.2 Å². The fourth-order valence-corrected chi connectivity index (χ4v) is 1.79. The Kier molecular flexibility index (Phi) is 4.36. The highest BCUT2D eigenvalue weighted by atomic mass is 35.5. The molecule has 5 heteroatoms. The van der Waals surface area contributed by atoms with Crippen LogP contribution < -0.4 is 10.1 Å². The van der Waals surface area contributed by atoms with Gasteiger partial charge in [0.1, 0.15) is 5.75 Å². The summed E-state index contributed by atoms with van der Waals surface area (Å²) in [6, 6.07) is 9.08. The van der Waals surface area contributed by atoms with Gasteiger partial charge in [0.15, 0.2) is 0 Å². The van der Waals surface area contributed by atoms with Gasteiger partial charge >= 0.3 is 0 Å². The number of ether oxygens (including phenoxy) is 1. The maximum absolute atomic E-state index is 11.9. The Hall–Kier alpha value is -2.07. The lowest BCUT2D eigenvalue weighted by atomic mass is 10.2. The molecule has 2 rings (SSSR count). The van der Waals surface area contributed by atoms with Crippen LogP contribution in [0.15, 0.2) is 42.7 Å². The maximum atomic E-state index is 11.9. The van der Waals surface area contributed by atoms with Crippen LogP contribution in [0.25, 0.3) is 0 Å². The first-order valence-corrected chi connectivity index (χ1v) is 6.09. The predicted molar refractivity (Wildman–Crippen MR) is 73.4 cm³/mol. The third kappa shape index (κ3) is 3.45. The average molecular weight is 277 g/mol. The second kappa shape index (κ2) is 6.20. The van der Waals surface area contributed by atoms with Gasteiger partial charge in [-0.2, -0.15) is 0 Å². The molecule has 1 heterocycles. The number of methoxy groups -OCH3 is 1. The van der Waals surface area contributed by atoms with Gasteiger partial charge in [-0.25, -0.2) is 0 Å². The lowest BCUT2D eigenvalue weighted by Crippen LogP contribution is -2.23. The number of carbonyl (C=O) groups excluding carboxylic acids is 1. The van der Waals surface area contributed by atoms with Crippen LogP contribution in [0.4, 0.5) is 0 Å². The van der Waals surface area contributed by atoms with Crippen LogP contribution in [0.5, 0.6) is 5.75 Å². The summed E-state index contributed by atoms with van der Waals surface area (Å²) in [4.78, 5) is 15.8. The predicted octanol–water partition coefficient (Wildman–Crippen LogP) is 2.67. The zero-order chi connectivity index (χ0) is 13.7. The molecule has 0 atom stereocenters. The van der Waals surface area contributed by atoms with Gasteiger partial charge in [0, 0.05) is 18.9 Å². The van der Waals surface area contributed by atoms with Crippen LogP contribution in [-0.2, 0) is 6.54 Å². The molecule has 0 aliphatic heterocycles. The van der Waals surface area contributed by atoms with Gasteiger partial charge in [-0.1, -0.05) is 23.7 Å². The van der Waals surface area contributed by atoms with Crippen molar-refractivity contribution in [2.24, 2.45) is 0 Å². The van der Waals surface area contributed by atoms with Crippen LogP contribution >= 0.6 is 11.6 Å². The first-order valence-electron chi connectivity index (χ1n) is 5.71. The van der Waals surface area contributed by atoms with Gasteiger partial charge in [0.05, 0.1) is 17.7 Å². The largest absolute Gasteiger partial charge is 0.497 e. The molecule has 1 amide bonds. The first kappa shape index (κ1) is 13.4. The molecular weight excluding hydrogens is 264 g/mol. The molecular formula is C14H13ClN2O2. The minimum absolute atomic E-state index is 0.219. The summed E-state index contributed by atoms with van der Waals surface area (Å²) >= 11 is 5.90. The summed E-state index contributed by atoms with van der Waals surface area (Å²) in [5.41, 5.74) is 1.41. The molecule has 1 aromatic carbocycles. The topological polar surface area (TPSA) is 51.2 Å². The fourth-order valence-electron chi connectivity index (χ4n) is 1.58. The van der Waals surface area contributed by atoms with Gasteiger partial charge in [0.2, 0.25) is 0 Å². The van der Waals surface area contributed by atoms with E-state index in [1.807, 2.05) is 24.3 Å². The molecule has 1 N–H and O–H groups in total. The van der Waals surface area contributed by atoms with E-state index < -0.39 is 0 Å². The molecule has 0 unspecified atom stereocenters. The minimum atomic E-state index is -0.219. The lowest BCUT2D eigenvalue weighted by Gasteiger charge is -2.07. The average Bonchev–Trinajstić information content (AvgIpc) is 2.46. The quantitative estimate of drug-likeness (QED) is 0.934. The molecule has 0 bridgehead atoms. The SMILES string of the molecule is COc1ccc(CNC(=O)c2ccncc2Cl)cc1. The van der Waals surface area contributed by atoms with Crippen LogP contribution in [0.1, 0.15) is 15.9 Å². The van der Waals surface area contributed by atoms with E-state index in [1.165, 1.54) is 12.4 Å². The first-order chi connectivity index (χ1) is 9.20. The Morgan fingerprint density at radius 2 is 2.05 bits per heavy atom. The van der Waals surface area contributed by atoms with Gasteiger partial charge in [0.25, 0.3) is 5.91 Å². The molecule has 0 saturated carbocycles. The molecule has 0 radical (unpaired) electrons. The van der Waals surface area contributed by atoms with E-state index in [9.17, 15) is 4.79 Å². The Bertz CT molecular complexity index is 570. The van der Waals surface area contributed by atoms with Crippen molar-refractivity contribution in [3.63, 3.8) is 0 Å². The zero-order valence-corrected chi connectivity index (χ0v) is 11.1. The second-order valence-electron chi connectivity index (χ2n) is 3.89. The van der Waals surface area contributed by atoms with Crippen molar-refractivity contribution in [3.8, 4) is 5.75 Å². The monoisotopic (exact) mass is 276 g/mol. The van der Waals surface area contributed by atoms with E-state index in [2.05, 4.69) is 10.3 Å². The number of benzene rings is 1. The van der Waals surface area contributed by atoms with E-state index in [0.717, 1.165) is 11.3 Å². The van der Waals surface area contributed by atoms with Crippen molar-refractivity contribution in [1.82, 2.24) is 10.3 Å². The summed E-state index contributed by atoms with van der Waals surface area (Å²) in [6.07, 6.45) is 2.98. The number of halogens is 1. The number of hydrogen-bond acceptors (Lipinski definition) is 3. The lowest BCUT2D eigenvalue weighted by molar-refractivity contribution is 0.0951. The van der Waals surface area contributed by atoms with Crippen LogP contribution in [0.3, 0.4) is 0 Å². The number of nitrogens with zero attached hydrogens (tertiary/aromatic N) is 1. The van der Waals surface area contributed by atoms with Crippen molar-refractivity contribution in [3.05, 3.63) is 58.9 Å². The Morgan fingerprint density at radius 3 is 2.68 bits per heavy atom. The standard InChI is InChI=1S/C14H13ClN2O2/c1-19-11-4-2-10(3-5-11)8-17-14(18)12-6-7-16-9-13(12)15/h2-7,9H,8H2,1H3,(H,17,18). The van der Waals surface area contributed by atoms with Gasteiger partial charge < -0.3 is 10.1 Å². The van der Waals surface area contributed by atoms with Crippen LogP contribution in [-0.4, -0.2) is 18.0 Å². The molecule has 19 heavy (non-hydrogen) atoms. The van der Waals surface area contributed by atoms with E-state index in [0.29, 0.717) is 17.1 Å². The van der Waals surface area contributed by atoms with Gasteiger partial charge in [-0.3, -0.25) is 9.78 Å². The summed E-state index contributed by atoms with van der Waals surface area (Å²) in [5.74, 6) is 0.565. The smallest absolute Gasteiger partial charge is 0.253 e. The number of aromatic nitrogens is 1. The third-order valence-corrected chi connectivity index (χ3v) is 2.93. The van der Waals surface area contributed by atoms with Gasteiger partial charge in [-0.15, -0.1) is 0 Å². The number of nitrogens with one attached hydrogen (secondary N) is 1. The minimum Gasteiger partial charge on any atom is -0.497 e. The number of hydrogen-bond donors (Lipinski definition) is 1. The van der Waals surface area contributed by atoms with E-state index in [-0.39, 0.29) is 5.91 Å².